The topological polar surface area (TPSA) is 90.3 Å². The van der Waals surface area contributed by atoms with Crippen LogP contribution in [-0.2, 0) is 16.1 Å². The number of rotatable bonds is 6. The van der Waals surface area contributed by atoms with Gasteiger partial charge in [-0.25, -0.2) is 9.78 Å². The fourth-order valence-electron chi connectivity index (χ4n) is 3.10. The number of aromatic nitrogens is 2. The molecule has 1 atom stereocenters. The Balaban J connectivity index is 1.95. The van der Waals surface area contributed by atoms with Gasteiger partial charge in [0.1, 0.15) is 10.9 Å². The Hall–Kier alpha value is -3.00. The molecular weight excluding hydrogens is 390 g/mol. The molecule has 3 aromatic rings. The maximum Gasteiger partial charge on any atom is 0.328 e. The third kappa shape index (κ3) is 4.22. The van der Waals surface area contributed by atoms with Crippen LogP contribution < -0.4 is 10.9 Å². The molecule has 3 rings (SSSR count). The van der Waals surface area contributed by atoms with Gasteiger partial charge in [-0.05, 0) is 24.0 Å². The van der Waals surface area contributed by atoms with E-state index in [-0.39, 0.29) is 11.5 Å². The van der Waals surface area contributed by atoms with Gasteiger partial charge in [-0.2, -0.15) is 0 Å². The van der Waals surface area contributed by atoms with E-state index in [1.807, 2.05) is 44.2 Å². The number of fused-ring (bicyclic) bond motifs is 1. The van der Waals surface area contributed by atoms with Gasteiger partial charge in [-0.1, -0.05) is 44.2 Å². The summed E-state index contributed by atoms with van der Waals surface area (Å²) in [6, 6.07) is 8.86. The van der Waals surface area contributed by atoms with Gasteiger partial charge in [-0.3, -0.25) is 14.2 Å². The lowest BCUT2D eigenvalue weighted by molar-refractivity contribution is -0.144. The summed E-state index contributed by atoms with van der Waals surface area (Å²) in [6.45, 7) is 5.77. The molecule has 0 aliphatic heterocycles. The number of aryl methyl sites for hydroxylation is 1. The van der Waals surface area contributed by atoms with Gasteiger partial charge in [0, 0.05) is 0 Å². The van der Waals surface area contributed by atoms with Crippen LogP contribution in [0.25, 0.3) is 10.2 Å². The molecule has 2 aromatic heterocycles. The predicted octanol–water partition coefficient (Wildman–Crippen LogP) is 2.74. The maximum absolute atomic E-state index is 13.0. The highest BCUT2D eigenvalue weighted by Gasteiger charge is 2.27. The van der Waals surface area contributed by atoms with Crippen molar-refractivity contribution in [3.8, 4) is 0 Å². The Bertz CT molecular complexity index is 1100. The minimum atomic E-state index is -0.764. The monoisotopic (exact) mass is 413 g/mol. The Morgan fingerprint density at radius 2 is 1.93 bits per heavy atom. The fraction of sp³-hybridized carbons (Fsp3) is 0.333. The summed E-state index contributed by atoms with van der Waals surface area (Å²) in [5, 5.41) is 3.15. The number of hydrogen-bond acceptors (Lipinski definition) is 6. The Labute approximate surface area is 172 Å². The van der Waals surface area contributed by atoms with Gasteiger partial charge in [-0.15, -0.1) is 11.3 Å². The normalized spacial score (nSPS) is 12.2. The Morgan fingerprint density at radius 3 is 2.55 bits per heavy atom. The van der Waals surface area contributed by atoms with Crippen molar-refractivity contribution < 1.29 is 14.3 Å². The molecule has 8 heteroatoms. The van der Waals surface area contributed by atoms with Crippen molar-refractivity contribution in [3.05, 3.63) is 63.0 Å². The molecule has 29 heavy (non-hydrogen) atoms. The SMILES string of the molecule is COC(=O)[C@@H](NC(=O)c1sc2ncn(Cc3ccccc3)c(=O)c2c1C)C(C)C. The second kappa shape index (κ2) is 8.57. The largest absolute Gasteiger partial charge is 0.467 e. The Morgan fingerprint density at radius 1 is 1.24 bits per heavy atom. The predicted molar refractivity (Wildman–Crippen MR) is 112 cm³/mol. The van der Waals surface area contributed by atoms with E-state index in [1.54, 1.807) is 6.92 Å². The molecule has 0 saturated carbocycles. The molecule has 0 bridgehead atoms. The van der Waals surface area contributed by atoms with E-state index < -0.39 is 17.9 Å². The number of esters is 1. The third-order valence-corrected chi connectivity index (χ3v) is 5.93. The van der Waals surface area contributed by atoms with Crippen molar-refractivity contribution in [2.24, 2.45) is 5.92 Å². The molecule has 7 nitrogen and oxygen atoms in total. The first-order chi connectivity index (χ1) is 13.8. The third-order valence-electron chi connectivity index (χ3n) is 4.73. The number of ether oxygens (including phenoxy) is 1. The van der Waals surface area contributed by atoms with Crippen LogP contribution in [0.3, 0.4) is 0 Å². The molecule has 0 spiro atoms. The number of carbonyl (C=O) groups excluding carboxylic acids is 2. The first-order valence-electron chi connectivity index (χ1n) is 9.24. The van der Waals surface area contributed by atoms with Gasteiger partial charge in [0.15, 0.2) is 0 Å². The number of nitrogens with zero attached hydrogens (tertiary/aromatic N) is 2. The van der Waals surface area contributed by atoms with E-state index >= 15 is 0 Å². The minimum Gasteiger partial charge on any atom is -0.467 e. The van der Waals surface area contributed by atoms with Crippen molar-refractivity contribution >= 4 is 33.4 Å². The zero-order valence-corrected chi connectivity index (χ0v) is 17.6. The van der Waals surface area contributed by atoms with E-state index in [0.717, 1.165) is 16.9 Å². The van der Waals surface area contributed by atoms with Crippen LogP contribution in [0.15, 0.2) is 41.5 Å². The summed E-state index contributed by atoms with van der Waals surface area (Å²) >= 11 is 1.15. The van der Waals surface area contributed by atoms with Gasteiger partial charge in [0.25, 0.3) is 11.5 Å². The molecule has 152 valence electrons. The number of carbonyl (C=O) groups is 2. The zero-order valence-electron chi connectivity index (χ0n) is 16.8. The van der Waals surface area contributed by atoms with Crippen LogP contribution in [0, 0.1) is 12.8 Å². The first-order valence-corrected chi connectivity index (χ1v) is 10.1. The van der Waals surface area contributed by atoms with Crippen LogP contribution in [0.2, 0.25) is 0 Å². The summed E-state index contributed by atoms with van der Waals surface area (Å²) in [7, 11) is 1.29. The molecule has 2 heterocycles. The summed E-state index contributed by atoms with van der Waals surface area (Å²) in [6.07, 6.45) is 1.50. The van der Waals surface area contributed by atoms with Crippen molar-refractivity contribution in [3.63, 3.8) is 0 Å². The average molecular weight is 413 g/mol. The molecule has 1 aromatic carbocycles. The summed E-state index contributed by atoms with van der Waals surface area (Å²) in [5.41, 5.74) is 1.36. The smallest absolute Gasteiger partial charge is 0.328 e. The lowest BCUT2D eigenvalue weighted by Gasteiger charge is -2.19. The van der Waals surface area contributed by atoms with Crippen molar-refractivity contribution in [2.75, 3.05) is 7.11 Å². The number of amides is 1. The van der Waals surface area contributed by atoms with E-state index in [1.165, 1.54) is 18.0 Å². The number of benzene rings is 1. The molecular formula is C21H23N3O4S. The van der Waals surface area contributed by atoms with Crippen LogP contribution in [-0.4, -0.2) is 34.6 Å². The number of hydrogen-bond donors (Lipinski definition) is 1. The van der Waals surface area contributed by atoms with E-state index in [4.69, 9.17) is 4.74 Å². The maximum atomic E-state index is 13.0. The lowest BCUT2D eigenvalue weighted by Crippen LogP contribution is -2.44. The van der Waals surface area contributed by atoms with E-state index in [9.17, 15) is 14.4 Å². The molecule has 1 amide bonds. The Kier molecular flexibility index (Phi) is 6.12. The average Bonchev–Trinajstić information content (AvgIpc) is 3.05. The summed E-state index contributed by atoms with van der Waals surface area (Å²) < 4.78 is 6.31. The van der Waals surface area contributed by atoms with Crippen LogP contribution in [0.4, 0.5) is 0 Å². The molecule has 0 saturated heterocycles. The number of nitrogens with one attached hydrogen (secondary N) is 1. The minimum absolute atomic E-state index is 0.137. The lowest BCUT2D eigenvalue weighted by atomic mass is 10.0. The standard InChI is InChI=1S/C21H23N3O4S/c1-12(2)16(21(27)28-4)23-18(25)17-13(3)15-19(29-17)22-11-24(20(15)26)10-14-8-6-5-7-9-14/h5-9,11-12,16H,10H2,1-4H3,(H,23,25)/t16-/m0/s1. The molecule has 0 aliphatic rings. The first kappa shape index (κ1) is 20.7. The molecule has 0 unspecified atom stereocenters. The summed E-state index contributed by atoms with van der Waals surface area (Å²) in [4.78, 5) is 43.0. The number of thiophene rings is 1. The quantitative estimate of drug-likeness (QED) is 0.628. The zero-order chi connectivity index (χ0) is 21.1. The van der Waals surface area contributed by atoms with Crippen molar-refractivity contribution in [1.29, 1.82) is 0 Å². The highest BCUT2D eigenvalue weighted by atomic mass is 32.1. The second-order valence-corrected chi connectivity index (χ2v) is 8.12. The molecule has 0 radical (unpaired) electrons. The van der Waals surface area contributed by atoms with Crippen molar-refractivity contribution in [2.45, 2.75) is 33.4 Å². The van der Waals surface area contributed by atoms with E-state index in [0.29, 0.717) is 27.2 Å². The van der Waals surface area contributed by atoms with Crippen LogP contribution in [0.5, 0.6) is 0 Å². The molecule has 0 aliphatic carbocycles. The van der Waals surface area contributed by atoms with Gasteiger partial charge in [0.05, 0.1) is 30.2 Å². The second-order valence-electron chi connectivity index (χ2n) is 7.12. The molecule has 1 N–H and O–H groups in total. The van der Waals surface area contributed by atoms with Crippen LogP contribution in [0.1, 0.15) is 34.6 Å². The van der Waals surface area contributed by atoms with Crippen LogP contribution >= 0.6 is 11.3 Å². The van der Waals surface area contributed by atoms with Gasteiger partial charge in [0.2, 0.25) is 0 Å². The van der Waals surface area contributed by atoms with E-state index in [2.05, 4.69) is 10.3 Å². The highest BCUT2D eigenvalue weighted by molar-refractivity contribution is 7.20. The van der Waals surface area contributed by atoms with Gasteiger partial charge >= 0.3 is 5.97 Å². The number of methoxy groups -OCH3 is 1. The highest BCUT2D eigenvalue weighted by Crippen LogP contribution is 2.27. The van der Waals surface area contributed by atoms with Crippen molar-refractivity contribution in [1.82, 2.24) is 14.9 Å². The summed E-state index contributed by atoms with van der Waals surface area (Å²) in [5.74, 6) is -1.05. The molecule has 0 fully saturated rings. The van der Waals surface area contributed by atoms with Gasteiger partial charge < -0.3 is 10.1 Å². The fourth-order valence-corrected chi connectivity index (χ4v) is 4.14.